The van der Waals surface area contributed by atoms with Crippen LogP contribution in [0.1, 0.15) is 35.5 Å². The number of aryl methyl sites for hydroxylation is 1. The number of hydrazone groups is 1. The summed E-state index contributed by atoms with van der Waals surface area (Å²) in [6, 6.07) is 19.2. The zero-order valence-electron chi connectivity index (χ0n) is 21.0. The number of carbonyl (C=O) groups is 2. The summed E-state index contributed by atoms with van der Waals surface area (Å²) < 4.78 is 39.4. The molecule has 3 aromatic rings. The summed E-state index contributed by atoms with van der Waals surface area (Å²) in [5.41, 5.74) is 3.94. The van der Waals surface area contributed by atoms with E-state index in [1.54, 1.807) is 36.4 Å². The van der Waals surface area contributed by atoms with E-state index in [1.807, 2.05) is 37.3 Å². The molecule has 11 heteroatoms. The van der Waals surface area contributed by atoms with Gasteiger partial charge in [-0.25, -0.2) is 13.8 Å². The Morgan fingerprint density at radius 2 is 1.79 bits per heavy atom. The highest BCUT2D eigenvalue weighted by Crippen LogP contribution is 2.22. The molecular formula is C27H30N4O6S. The maximum atomic E-state index is 13.5. The first-order valence-corrected chi connectivity index (χ1v) is 13.7. The lowest BCUT2D eigenvalue weighted by Crippen LogP contribution is -2.41. The number of nitrogens with zero attached hydrogens (tertiary/aromatic N) is 2. The van der Waals surface area contributed by atoms with Crippen LogP contribution >= 0.6 is 0 Å². The normalized spacial score (nSPS) is 15.7. The Labute approximate surface area is 221 Å². The highest BCUT2D eigenvalue weighted by atomic mass is 32.2. The number of sulfonamides is 1. The van der Waals surface area contributed by atoms with Crippen LogP contribution < -0.4 is 10.7 Å². The molecule has 1 atom stereocenters. The number of hydrogen-bond donors (Lipinski definition) is 2. The molecule has 0 saturated carbocycles. The number of hydrogen-bond acceptors (Lipinski definition) is 7. The summed E-state index contributed by atoms with van der Waals surface area (Å²) in [7, 11) is -3.83. The van der Waals surface area contributed by atoms with Crippen molar-refractivity contribution in [3.63, 3.8) is 0 Å². The Bertz CT molecular complexity index is 1360. The Kier molecular flexibility index (Phi) is 9.06. The predicted octanol–water partition coefficient (Wildman–Crippen LogP) is 2.72. The summed E-state index contributed by atoms with van der Waals surface area (Å²) in [6.45, 7) is 2.95. The topological polar surface area (TPSA) is 130 Å². The number of carbonyl (C=O) groups excluding carboxylic acids is 2. The van der Waals surface area contributed by atoms with Crippen LogP contribution in [0.4, 0.5) is 0 Å². The van der Waals surface area contributed by atoms with Gasteiger partial charge in [-0.3, -0.25) is 9.59 Å². The number of ether oxygens (including phenoxy) is 1. The van der Waals surface area contributed by atoms with Crippen molar-refractivity contribution in [1.82, 2.24) is 15.0 Å². The van der Waals surface area contributed by atoms with Gasteiger partial charge in [0.2, 0.25) is 10.0 Å². The predicted molar refractivity (Wildman–Crippen MR) is 140 cm³/mol. The highest BCUT2D eigenvalue weighted by molar-refractivity contribution is 7.89. The van der Waals surface area contributed by atoms with Gasteiger partial charge in [-0.15, -0.1) is 0 Å². The molecule has 1 saturated heterocycles. The third-order valence-corrected chi connectivity index (χ3v) is 7.76. The number of rotatable bonds is 10. The maximum Gasteiger partial charge on any atom is 0.329 e. The fraction of sp³-hybridized carbons (Fsp3) is 0.296. The highest BCUT2D eigenvalue weighted by Gasteiger charge is 2.26. The van der Waals surface area contributed by atoms with Crippen molar-refractivity contribution in [2.45, 2.75) is 43.9 Å². The van der Waals surface area contributed by atoms with Crippen LogP contribution in [-0.2, 0) is 37.4 Å². The molecule has 1 fully saturated rings. The van der Waals surface area contributed by atoms with Crippen LogP contribution in [0.25, 0.3) is 0 Å². The van der Waals surface area contributed by atoms with Crippen LogP contribution in [0.5, 0.6) is 0 Å². The van der Waals surface area contributed by atoms with E-state index in [0.29, 0.717) is 12.4 Å². The van der Waals surface area contributed by atoms with Gasteiger partial charge in [-0.1, -0.05) is 48.0 Å². The lowest BCUT2D eigenvalue weighted by atomic mass is 10.2. The Morgan fingerprint density at radius 1 is 1.03 bits per heavy atom. The van der Waals surface area contributed by atoms with Crippen LogP contribution in [0.2, 0.25) is 0 Å². The molecule has 0 bridgehead atoms. The van der Waals surface area contributed by atoms with Crippen LogP contribution in [0.15, 0.2) is 81.1 Å². The van der Waals surface area contributed by atoms with Crippen molar-refractivity contribution < 1.29 is 27.2 Å². The molecular weight excluding hydrogens is 508 g/mol. The van der Waals surface area contributed by atoms with Gasteiger partial charge >= 0.3 is 11.8 Å². The Morgan fingerprint density at radius 3 is 2.50 bits per heavy atom. The largest absolute Gasteiger partial charge is 0.459 e. The molecule has 38 heavy (non-hydrogen) atoms. The van der Waals surface area contributed by atoms with Crippen LogP contribution in [0.3, 0.4) is 0 Å². The van der Waals surface area contributed by atoms with Gasteiger partial charge in [-0.2, -0.15) is 9.41 Å². The number of amides is 2. The van der Waals surface area contributed by atoms with Crippen molar-refractivity contribution in [3.8, 4) is 0 Å². The third-order valence-electron chi connectivity index (χ3n) is 5.95. The van der Waals surface area contributed by atoms with E-state index < -0.39 is 21.8 Å². The molecule has 0 aliphatic carbocycles. The zero-order chi connectivity index (χ0) is 27.0. The third kappa shape index (κ3) is 7.37. The molecule has 1 aliphatic heterocycles. The lowest BCUT2D eigenvalue weighted by molar-refractivity contribution is -0.139. The van der Waals surface area contributed by atoms with Gasteiger partial charge in [-0.05, 0) is 49.6 Å². The Balaban J connectivity index is 1.39. The van der Waals surface area contributed by atoms with Gasteiger partial charge in [0.1, 0.15) is 11.5 Å². The molecule has 4 rings (SSSR count). The average molecular weight is 539 g/mol. The molecule has 2 N–H and O–H groups in total. The summed E-state index contributed by atoms with van der Waals surface area (Å²) in [6.07, 6.45) is 2.94. The molecule has 0 spiro atoms. The molecule has 1 aliphatic rings. The van der Waals surface area contributed by atoms with E-state index in [4.69, 9.17) is 9.15 Å². The first kappa shape index (κ1) is 27.2. The summed E-state index contributed by atoms with van der Waals surface area (Å²) in [5, 5.41) is 6.28. The molecule has 2 amide bonds. The minimum absolute atomic E-state index is 0.0169. The van der Waals surface area contributed by atoms with Crippen LogP contribution in [-0.4, -0.2) is 50.0 Å². The smallest absolute Gasteiger partial charge is 0.329 e. The molecule has 0 radical (unpaired) electrons. The monoisotopic (exact) mass is 538 g/mol. The van der Waals surface area contributed by atoms with E-state index in [1.165, 1.54) is 10.5 Å². The second kappa shape index (κ2) is 12.6. The van der Waals surface area contributed by atoms with E-state index in [9.17, 15) is 18.0 Å². The SMILES string of the molecule is Cc1ccc(S(=O)(=O)N(Cc2ccccc2)Cc2ccc(/C=N/NC(=O)C(=O)NC[C@H]3CCCO3)o2)cc1. The molecule has 200 valence electrons. The van der Waals surface area contributed by atoms with Crippen LogP contribution in [0, 0.1) is 6.92 Å². The minimum Gasteiger partial charge on any atom is -0.459 e. The molecule has 1 aromatic heterocycles. The van der Waals surface area contributed by atoms with Crippen molar-refractivity contribution in [2.75, 3.05) is 13.2 Å². The summed E-state index contributed by atoms with van der Waals surface area (Å²) in [4.78, 5) is 24.0. The number of furan rings is 1. The minimum atomic E-state index is -3.83. The van der Waals surface area contributed by atoms with Crippen molar-refractivity contribution in [1.29, 1.82) is 0 Å². The molecule has 2 heterocycles. The van der Waals surface area contributed by atoms with E-state index in [-0.39, 0.29) is 36.4 Å². The number of benzene rings is 2. The van der Waals surface area contributed by atoms with Gasteiger partial charge in [0.15, 0.2) is 0 Å². The molecule has 0 unspecified atom stereocenters. The fourth-order valence-corrected chi connectivity index (χ4v) is 5.29. The maximum absolute atomic E-state index is 13.5. The average Bonchev–Trinajstić information content (AvgIpc) is 3.60. The van der Waals surface area contributed by atoms with Crippen molar-refractivity contribution in [2.24, 2.45) is 5.10 Å². The fourth-order valence-electron chi connectivity index (χ4n) is 3.89. The second-order valence-electron chi connectivity index (χ2n) is 8.92. The first-order chi connectivity index (χ1) is 18.3. The van der Waals surface area contributed by atoms with Gasteiger partial charge < -0.3 is 14.5 Å². The van der Waals surface area contributed by atoms with E-state index in [2.05, 4.69) is 15.8 Å². The first-order valence-electron chi connectivity index (χ1n) is 12.2. The Hall–Kier alpha value is -3.80. The van der Waals surface area contributed by atoms with Gasteiger partial charge in [0.05, 0.1) is 23.8 Å². The molecule has 10 nitrogen and oxygen atoms in total. The van der Waals surface area contributed by atoms with E-state index in [0.717, 1.165) is 24.0 Å². The summed E-state index contributed by atoms with van der Waals surface area (Å²) in [5.74, 6) is -1.05. The lowest BCUT2D eigenvalue weighted by Gasteiger charge is -2.21. The quantitative estimate of drug-likeness (QED) is 0.232. The molecule has 2 aromatic carbocycles. The zero-order valence-corrected chi connectivity index (χ0v) is 21.8. The van der Waals surface area contributed by atoms with Crippen molar-refractivity contribution >= 4 is 28.1 Å². The second-order valence-corrected chi connectivity index (χ2v) is 10.9. The van der Waals surface area contributed by atoms with Crippen molar-refractivity contribution in [3.05, 3.63) is 89.4 Å². The number of nitrogens with one attached hydrogen (secondary N) is 2. The van der Waals surface area contributed by atoms with E-state index >= 15 is 0 Å². The van der Waals surface area contributed by atoms with Gasteiger partial charge in [0.25, 0.3) is 0 Å². The standard InChI is InChI=1S/C27H30N4O6S/c1-20-9-13-25(14-10-20)38(34,35)31(18-21-6-3-2-4-7-21)19-24-12-11-23(37-24)17-29-30-27(33)26(32)28-16-22-8-5-15-36-22/h2-4,6-7,9-14,17,22H,5,8,15-16,18-19H2,1H3,(H,28,32)(H,30,33)/b29-17+/t22-/m1/s1. The summed E-state index contributed by atoms with van der Waals surface area (Å²) >= 11 is 0. The van der Waals surface area contributed by atoms with Gasteiger partial charge in [0, 0.05) is 19.7 Å².